The Morgan fingerprint density at radius 1 is 1.33 bits per heavy atom. The van der Waals surface area contributed by atoms with Gasteiger partial charge in [0.05, 0.1) is 0 Å². The third-order valence-electron chi connectivity index (χ3n) is 2.80. The molecule has 0 saturated heterocycles. The summed E-state index contributed by atoms with van der Waals surface area (Å²) < 4.78 is 0. The maximum Gasteiger partial charge on any atom is 0.123 e. The molecule has 0 saturated carbocycles. The molecule has 1 aliphatic heterocycles. The molecule has 0 atom stereocenters. The Hall–Kier alpha value is -1.19. The number of benzene rings is 1. The van der Waals surface area contributed by atoms with Crippen molar-refractivity contribution < 1.29 is 0 Å². The van der Waals surface area contributed by atoms with E-state index in [0.717, 1.165) is 24.5 Å². The highest BCUT2D eigenvalue weighted by atomic mass is 32.1. The molecule has 1 aliphatic rings. The predicted molar refractivity (Wildman–Crippen MR) is 63.0 cm³/mol. The highest BCUT2D eigenvalue weighted by Gasteiger charge is 2.14. The van der Waals surface area contributed by atoms with Crippen LogP contribution in [0.4, 0.5) is 0 Å². The Balaban J connectivity index is 2.15. The lowest BCUT2D eigenvalue weighted by molar-refractivity contribution is 0.645. The van der Waals surface area contributed by atoms with Gasteiger partial charge in [-0.2, -0.15) is 0 Å². The van der Waals surface area contributed by atoms with Crippen LogP contribution in [0.15, 0.2) is 29.8 Å². The van der Waals surface area contributed by atoms with Crippen molar-refractivity contribution in [3.8, 4) is 10.6 Å². The summed E-state index contributed by atoms with van der Waals surface area (Å²) in [4.78, 5) is 4.39. The summed E-state index contributed by atoms with van der Waals surface area (Å²) >= 11 is 1.72. The van der Waals surface area contributed by atoms with E-state index in [2.05, 4.69) is 28.5 Å². The standard InChI is InChI=1S/C12H12N2S/c1-2-9-8-13-5-4-10(9)11(3-1)12-14-6-7-15-12/h1-3,6-7,13H,4-5,8H2. The fourth-order valence-corrected chi connectivity index (χ4v) is 2.78. The maximum atomic E-state index is 4.39. The molecule has 0 amide bonds. The van der Waals surface area contributed by atoms with Crippen molar-refractivity contribution in [3.05, 3.63) is 40.9 Å². The maximum absolute atomic E-state index is 4.39. The second-order valence-corrected chi connectivity index (χ2v) is 4.60. The Bertz CT molecular complexity index is 462. The zero-order chi connectivity index (χ0) is 10.1. The first-order valence-electron chi connectivity index (χ1n) is 5.16. The van der Waals surface area contributed by atoms with Gasteiger partial charge in [0.1, 0.15) is 5.01 Å². The molecule has 3 heteroatoms. The normalized spacial score (nSPS) is 14.9. The smallest absolute Gasteiger partial charge is 0.123 e. The fraction of sp³-hybridized carbons (Fsp3) is 0.250. The average Bonchev–Trinajstić information content (AvgIpc) is 2.82. The third kappa shape index (κ3) is 1.58. The van der Waals surface area contributed by atoms with Crippen LogP contribution in [-0.4, -0.2) is 11.5 Å². The Morgan fingerprint density at radius 3 is 3.20 bits per heavy atom. The number of aromatic nitrogens is 1. The molecule has 1 N–H and O–H groups in total. The molecule has 0 fully saturated rings. The van der Waals surface area contributed by atoms with Crippen molar-refractivity contribution in [1.29, 1.82) is 0 Å². The van der Waals surface area contributed by atoms with Gasteiger partial charge in [0.15, 0.2) is 0 Å². The number of nitrogens with zero attached hydrogens (tertiary/aromatic N) is 1. The zero-order valence-electron chi connectivity index (χ0n) is 8.36. The highest BCUT2D eigenvalue weighted by molar-refractivity contribution is 7.13. The summed E-state index contributed by atoms with van der Waals surface area (Å²) in [5, 5.41) is 6.58. The van der Waals surface area contributed by atoms with Crippen LogP contribution >= 0.6 is 11.3 Å². The molecule has 2 nitrogen and oxygen atoms in total. The molecule has 0 unspecified atom stereocenters. The van der Waals surface area contributed by atoms with Crippen LogP contribution in [0.1, 0.15) is 11.1 Å². The Labute approximate surface area is 93.0 Å². The van der Waals surface area contributed by atoms with Gasteiger partial charge in [0, 0.05) is 23.7 Å². The van der Waals surface area contributed by atoms with E-state index in [0.29, 0.717) is 0 Å². The summed E-state index contributed by atoms with van der Waals surface area (Å²) in [6.07, 6.45) is 2.99. The van der Waals surface area contributed by atoms with Gasteiger partial charge in [-0.1, -0.05) is 18.2 Å². The quantitative estimate of drug-likeness (QED) is 0.792. The summed E-state index contributed by atoms with van der Waals surface area (Å²) in [5.41, 5.74) is 4.23. The lowest BCUT2D eigenvalue weighted by Gasteiger charge is -2.19. The van der Waals surface area contributed by atoms with Crippen molar-refractivity contribution in [2.45, 2.75) is 13.0 Å². The molecule has 0 bridgehead atoms. The van der Waals surface area contributed by atoms with Crippen molar-refractivity contribution in [1.82, 2.24) is 10.3 Å². The van der Waals surface area contributed by atoms with Crippen LogP contribution in [0.25, 0.3) is 10.6 Å². The predicted octanol–water partition coefficient (Wildman–Crippen LogP) is 2.46. The fourth-order valence-electron chi connectivity index (χ4n) is 2.09. The van der Waals surface area contributed by atoms with Crippen molar-refractivity contribution >= 4 is 11.3 Å². The van der Waals surface area contributed by atoms with Gasteiger partial charge in [-0.15, -0.1) is 11.3 Å². The van der Waals surface area contributed by atoms with Crippen molar-refractivity contribution in [2.75, 3.05) is 6.54 Å². The van der Waals surface area contributed by atoms with E-state index in [1.54, 1.807) is 11.3 Å². The molecule has 76 valence electrons. The van der Waals surface area contributed by atoms with Gasteiger partial charge < -0.3 is 5.32 Å². The van der Waals surface area contributed by atoms with Gasteiger partial charge in [-0.3, -0.25) is 0 Å². The van der Waals surface area contributed by atoms with Crippen LogP contribution in [0.3, 0.4) is 0 Å². The highest BCUT2D eigenvalue weighted by Crippen LogP contribution is 2.29. The molecular formula is C12H12N2S. The lowest BCUT2D eigenvalue weighted by atomic mass is 9.96. The summed E-state index contributed by atoms with van der Waals surface area (Å²) in [7, 11) is 0. The number of hydrogen-bond acceptors (Lipinski definition) is 3. The number of nitrogens with one attached hydrogen (secondary N) is 1. The van der Waals surface area contributed by atoms with Crippen LogP contribution in [0.5, 0.6) is 0 Å². The number of thiazole rings is 1. The summed E-state index contributed by atoms with van der Waals surface area (Å²) in [5.74, 6) is 0. The molecule has 1 aromatic carbocycles. The van der Waals surface area contributed by atoms with Crippen LogP contribution in [-0.2, 0) is 13.0 Å². The second kappa shape index (κ2) is 3.76. The second-order valence-electron chi connectivity index (χ2n) is 3.71. The van der Waals surface area contributed by atoms with Gasteiger partial charge in [-0.25, -0.2) is 4.98 Å². The topological polar surface area (TPSA) is 24.9 Å². The first-order chi connectivity index (χ1) is 7.45. The summed E-state index contributed by atoms with van der Waals surface area (Å²) in [6, 6.07) is 6.52. The van der Waals surface area contributed by atoms with E-state index in [1.165, 1.54) is 16.7 Å². The minimum atomic E-state index is 0.995. The first kappa shape index (κ1) is 9.07. The van der Waals surface area contributed by atoms with E-state index in [9.17, 15) is 0 Å². The van der Waals surface area contributed by atoms with Crippen molar-refractivity contribution in [2.24, 2.45) is 0 Å². The van der Waals surface area contributed by atoms with E-state index < -0.39 is 0 Å². The largest absolute Gasteiger partial charge is 0.312 e. The molecule has 15 heavy (non-hydrogen) atoms. The van der Waals surface area contributed by atoms with Gasteiger partial charge in [-0.05, 0) is 24.1 Å². The van der Waals surface area contributed by atoms with Gasteiger partial charge >= 0.3 is 0 Å². The molecule has 0 aliphatic carbocycles. The molecule has 0 spiro atoms. The van der Waals surface area contributed by atoms with E-state index in [4.69, 9.17) is 0 Å². The van der Waals surface area contributed by atoms with E-state index >= 15 is 0 Å². The number of fused-ring (bicyclic) bond motifs is 1. The molecule has 2 aromatic rings. The Morgan fingerprint density at radius 2 is 2.33 bits per heavy atom. The molecule has 2 heterocycles. The monoisotopic (exact) mass is 216 g/mol. The van der Waals surface area contributed by atoms with Crippen LogP contribution in [0, 0.1) is 0 Å². The van der Waals surface area contributed by atoms with Crippen LogP contribution in [0.2, 0.25) is 0 Å². The minimum Gasteiger partial charge on any atom is -0.312 e. The van der Waals surface area contributed by atoms with E-state index in [-0.39, 0.29) is 0 Å². The molecule has 0 radical (unpaired) electrons. The zero-order valence-corrected chi connectivity index (χ0v) is 9.18. The third-order valence-corrected chi connectivity index (χ3v) is 3.61. The SMILES string of the molecule is c1cc2c(c(-c3nccs3)c1)CCNC2. The summed E-state index contributed by atoms with van der Waals surface area (Å²) in [6.45, 7) is 2.07. The minimum absolute atomic E-state index is 0.995. The first-order valence-corrected chi connectivity index (χ1v) is 6.04. The number of hydrogen-bond donors (Lipinski definition) is 1. The van der Waals surface area contributed by atoms with Gasteiger partial charge in [0.2, 0.25) is 0 Å². The number of rotatable bonds is 1. The molecular weight excluding hydrogens is 204 g/mol. The Kier molecular flexibility index (Phi) is 2.27. The molecule has 1 aromatic heterocycles. The van der Waals surface area contributed by atoms with Crippen LogP contribution < -0.4 is 5.32 Å². The van der Waals surface area contributed by atoms with E-state index in [1.807, 2.05) is 11.6 Å². The molecule has 3 rings (SSSR count). The van der Waals surface area contributed by atoms with Gasteiger partial charge in [0.25, 0.3) is 0 Å². The lowest BCUT2D eigenvalue weighted by Crippen LogP contribution is -2.23. The average molecular weight is 216 g/mol. The van der Waals surface area contributed by atoms with Crippen molar-refractivity contribution in [3.63, 3.8) is 0 Å².